The average molecular weight is 405 g/mol. The van der Waals surface area contributed by atoms with Crippen LogP contribution in [-0.2, 0) is 27.8 Å². The lowest BCUT2D eigenvalue weighted by atomic mass is 10.2. The summed E-state index contributed by atoms with van der Waals surface area (Å²) in [5, 5.41) is 3.38. The smallest absolute Gasteiger partial charge is 0.243 e. The molecule has 0 aliphatic carbocycles. The van der Waals surface area contributed by atoms with Crippen molar-refractivity contribution < 1.29 is 17.9 Å². The highest BCUT2D eigenvalue weighted by Crippen LogP contribution is 2.18. The van der Waals surface area contributed by atoms with Crippen molar-refractivity contribution in [1.82, 2.24) is 9.62 Å². The maximum atomic E-state index is 12.6. The SMILES string of the molecule is CC(C)Oc1ccc(CNCc2ccc(S(=O)(=O)N3CCOCC3)cc2)cc1. The summed E-state index contributed by atoms with van der Waals surface area (Å²) in [7, 11) is -3.43. The van der Waals surface area contributed by atoms with E-state index in [0.29, 0.717) is 37.7 Å². The normalized spacial score (nSPS) is 15.7. The largest absolute Gasteiger partial charge is 0.491 e. The Kier molecular flexibility index (Phi) is 7.07. The van der Waals surface area contributed by atoms with Crippen LogP contribution in [0.25, 0.3) is 0 Å². The maximum Gasteiger partial charge on any atom is 0.243 e. The molecule has 28 heavy (non-hydrogen) atoms. The van der Waals surface area contributed by atoms with E-state index in [2.05, 4.69) is 5.32 Å². The molecule has 0 unspecified atom stereocenters. The number of benzene rings is 2. The van der Waals surface area contributed by atoms with Crippen molar-refractivity contribution in [1.29, 1.82) is 0 Å². The van der Waals surface area contributed by atoms with Gasteiger partial charge in [-0.25, -0.2) is 8.42 Å². The second-order valence-electron chi connectivity index (χ2n) is 7.07. The molecule has 2 aromatic carbocycles. The van der Waals surface area contributed by atoms with Crippen LogP contribution >= 0.6 is 0 Å². The Morgan fingerprint density at radius 1 is 0.964 bits per heavy atom. The number of nitrogens with one attached hydrogen (secondary N) is 1. The van der Waals surface area contributed by atoms with Gasteiger partial charge in [-0.05, 0) is 49.2 Å². The number of morpholine rings is 1. The summed E-state index contributed by atoms with van der Waals surface area (Å²) in [6, 6.07) is 15.1. The molecule has 1 fully saturated rings. The molecule has 0 bridgehead atoms. The Bertz CT molecular complexity index is 843. The molecule has 0 amide bonds. The zero-order valence-electron chi connectivity index (χ0n) is 16.4. The highest BCUT2D eigenvalue weighted by atomic mass is 32.2. The van der Waals surface area contributed by atoms with Crippen molar-refractivity contribution in [3.63, 3.8) is 0 Å². The summed E-state index contributed by atoms with van der Waals surface area (Å²) in [4.78, 5) is 0.332. The minimum Gasteiger partial charge on any atom is -0.491 e. The lowest BCUT2D eigenvalue weighted by Crippen LogP contribution is -2.40. The summed E-state index contributed by atoms with van der Waals surface area (Å²) in [6.07, 6.45) is 0.166. The van der Waals surface area contributed by atoms with Crippen LogP contribution in [0.1, 0.15) is 25.0 Å². The minimum absolute atomic E-state index is 0.166. The Balaban J connectivity index is 1.52. The number of hydrogen-bond donors (Lipinski definition) is 1. The van der Waals surface area contributed by atoms with E-state index in [1.165, 1.54) is 9.87 Å². The summed E-state index contributed by atoms with van der Waals surface area (Å²) in [5.74, 6) is 0.871. The quantitative estimate of drug-likeness (QED) is 0.733. The third-order valence-corrected chi connectivity index (χ3v) is 6.40. The van der Waals surface area contributed by atoms with Crippen molar-refractivity contribution in [3.8, 4) is 5.75 Å². The number of ether oxygens (including phenoxy) is 2. The summed E-state index contributed by atoms with van der Waals surface area (Å²) in [5.41, 5.74) is 2.21. The van der Waals surface area contributed by atoms with E-state index in [9.17, 15) is 8.42 Å². The first-order chi connectivity index (χ1) is 13.4. The van der Waals surface area contributed by atoms with Crippen LogP contribution in [0.5, 0.6) is 5.75 Å². The second kappa shape index (κ2) is 9.52. The van der Waals surface area contributed by atoms with Gasteiger partial charge in [-0.15, -0.1) is 0 Å². The van der Waals surface area contributed by atoms with Crippen molar-refractivity contribution in [2.45, 2.75) is 37.9 Å². The van der Waals surface area contributed by atoms with Crippen molar-refractivity contribution in [2.75, 3.05) is 26.3 Å². The number of sulfonamides is 1. The summed E-state index contributed by atoms with van der Waals surface area (Å²) >= 11 is 0. The molecule has 1 aliphatic heterocycles. The molecule has 3 rings (SSSR count). The molecule has 0 aromatic heterocycles. The van der Waals surface area contributed by atoms with Crippen molar-refractivity contribution in [2.24, 2.45) is 0 Å². The van der Waals surface area contributed by atoms with E-state index in [-0.39, 0.29) is 6.10 Å². The first-order valence-electron chi connectivity index (χ1n) is 9.58. The highest BCUT2D eigenvalue weighted by molar-refractivity contribution is 7.89. The van der Waals surface area contributed by atoms with Crippen LogP contribution in [0.15, 0.2) is 53.4 Å². The van der Waals surface area contributed by atoms with Crippen LogP contribution in [0, 0.1) is 0 Å². The summed E-state index contributed by atoms with van der Waals surface area (Å²) in [6.45, 7) is 7.13. The minimum atomic E-state index is -3.43. The van der Waals surface area contributed by atoms with Gasteiger partial charge in [0.05, 0.1) is 24.2 Å². The molecule has 0 spiro atoms. The summed E-state index contributed by atoms with van der Waals surface area (Å²) < 4.78 is 37.6. The van der Waals surface area contributed by atoms with Crippen LogP contribution in [-0.4, -0.2) is 45.1 Å². The Hall–Kier alpha value is -1.93. The average Bonchev–Trinajstić information content (AvgIpc) is 2.70. The van der Waals surface area contributed by atoms with Crippen LogP contribution in [0.2, 0.25) is 0 Å². The molecular weight excluding hydrogens is 376 g/mol. The van der Waals surface area contributed by atoms with Crippen molar-refractivity contribution >= 4 is 10.0 Å². The molecule has 0 saturated carbocycles. The lowest BCUT2D eigenvalue weighted by Gasteiger charge is -2.26. The highest BCUT2D eigenvalue weighted by Gasteiger charge is 2.25. The van der Waals surface area contributed by atoms with Gasteiger partial charge in [-0.3, -0.25) is 0 Å². The fraction of sp³-hybridized carbons (Fsp3) is 0.429. The van der Waals surface area contributed by atoms with Gasteiger partial charge in [0, 0.05) is 26.2 Å². The standard InChI is InChI=1S/C21H28N2O4S/c1-17(2)27-20-7-3-18(4-8-20)15-22-16-19-5-9-21(10-6-19)28(24,25)23-11-13-26-14-12-23/h3-10,17,22H,11-16H2,1-2H3. The van der Waals surface area contributed by atoms with E-state index >= 15 is 0 Å². The van der Waals surface area contributed by atoms with E-state index in [0.717, 1.165) is 17.9 Å². The molecule has 6 nitrogen and oxygen atoms in total. The topological polar surface area (TPSA) is 67.9 Å². The van der Waals surface area contributed by atoms with Crippen LogP contribution in [0.3, 0.4) is 0 Å². The Morgan fingerprint density at radius 3 is 2.04 bits per heavy atom. The fourth-order valence-corrected chi connectivity index (χ4v) is 4.43. The van der Waals surface area contributed by atoms with Crippen LogP contribution in [0.4, 0.5) is 0 Å². The maximum absolute atomic E-state index is 12.6. The molecule has 1 heterocycles. The van der Waals surface area contributed by atoms with Crippen molar-refractivity contribution in [3.05, 3.63) is 59.7 Å². The van der Waals surface area contributed by atoms with Gasteiger partial charge >= 0.3 is 0 Å². The van der Waals surface area contributed by atoms with E-state index < -0.39 is 10.0 Å². The number of hydrogen-bond acceptors (Lipinski definition) is 5. The molecule has 1 saturated heterocycles. The molecular formula is C21H28N2O4S. The molecule has 0 atom stereocenters. The third kappa shape index (κ3) is 5.54. The fourth-order valence-electron chi connectivity index (χ4n) is 3.02. The van der Waals surface area contributed by atoms with Gasteiger partial charge in [-0.2, -0.15) is 4.31 Å². The molecule has 152 valence electrons. The zero-order valence-corrected chi connectivity index (χ0v) is 17.2. The van der Waals surface area contributed by atoms with Crippen LogP contribution < -0.4 is 10.1 Å². The second-order valence-corrected chi connectivity index (χ2v) is 9.01. The molecule has 2 aromatic rings. The van der Waals surface area contributed by atoms with E-state index in [1.807, 2.05) is 50.2 Å². The van der Waals surface area contributed by atoms with Gasteiger partial charge in [0.15, 0.2) is 0 Å². The van der Waals surface area contributed by atoms with Gasteiger partial charge in [-0.1, -0.05) is 24.3 Å². The number of nitrogens with zero attached hydrogens (tertiary/aromatic N) is 1. The Labute approximate surface area is 167 Å². The molecule has 1 aliphatic rings. The first kappa shape index (κ1) is 20.8. The van der Waals surface area contributed by atoms with Gasteiger partial charge in [0.2, 0.25) is 10.0 Å². The van der Waals surface area contributed by atoms with Gasteiger partial charge < -0.3 is 14.8 Å². The van der Waals surface area contributed by atoms with Gasteiger partial charge in [0.25, 0.3) is 0 Å². The third-order valence-electron chi connectivity index (χ3n) is 4.48. The zero-order chi connectivity index (χ0) is 20.0. The molecule has 0 radical (unpaired) electrons. The van der Waals surface area contributed by atoms with Gasteiger partial charge in [0.1, 0.15) is 5.75 Å². The lowest BCUT2D eigenvalue weighted by molar-refractivity contribution is 0.0730. The molecule has 1 N–H and O–H groups in total. The predicted octanol–water partition coefficient (Wildman–Crippen LogP) is 2.78. The van der Waals surface area contributed by atoms with E-state index in [4.69, 9.17) is 9.47 Å². The monoisotopic (exact) mass is 404 g/mol. The number of rotatable bonds is 8. The van der Waals surface area contributed by atoms with E-state index in [1.54, 1.807) is 12.1 Å². The predicted molar refractivity (Wildman–Crippen MR) is 109 cm³/mol. The first-order valence-corrected chi connectivity index (χ1v) is 11.0. The Morgan fingerprint density at radius 2 is 1.50 bits per heavy atom. The molecule has 7 heteroatoms.